The van der Waals surface area contributed by atoms with E-state index in [0.29, 0.717) is 22.0 Å². The molecule has 1 N–H and O–H groups in total. The molecule has 98 valence electrons. The van der Waals surface area contributed by atoms with Crippen molar-refractivity contribution in [3.8, 4) is 5.69 Å². The number of rotatable bonds is 5. The molecule has 0 saturated carbocycles. The highest BCUT2D eigenvalue weighted by Crippen LogP contribution is 2.23. The fourth-order valence-electron chi connectivity index (χ4n) is 1.50. The maximum atomic E-state index is 11.1. The van der Waals surface area contributed by atoms with Crippen LogP contribution in [0.3, 0.4) is 0 Å². The van der Waals surface area contributed by atoms with Gasteiger partial charge >= 0.3 is 5.97 Å². The highest BCUT2D eigenvalue weighted by molar-refractivity contribution is 7.99. The number of aliphatic carboxylic acids is 1. The molecule has 0 aliphatic carbocycles. The molecule has 7 heteroatoms. The molecule has 0 atom stereocenters. The molecule has 0 radical (unpaired) electrons. The lowest BCUT2D eigenvalue weighted by molar-refractivity contribution is -0.133. The Morgan fingerprint density at radius 2 is 2.11 bits per heavy atom. The Bertz CT molecular complexity index is 610. The van der Waals surface area contributed by atoms with Crippen molar-refractivity contribution >= 4 is 35.6 Å². The van der Waals surface area contributed by atoms with Gasteiger partial charge in [-0.3, -0.25) is 14.2 Å². The molecule has 0 bridgehead atoms. The number of nitrogens with zero attached hydrogens (tertiary/aromatic N) is 2. The molecule has 0 saturated heterocycles. The van der Waals surface area contributed by atoms with E-state index in [0.717, 1.165) is 17.4 Å². The van der Waals surface area contributed by atoms with Crippen LogP contribution >= 0.6 is 23.4 Å². The normalized spacial score (nSPS) is 10.4. The molecule has 1 aromatic heterocycles. The van der Waals surface area contributed by atoms with Crippen LogP contribution in [-0.2, 0) is 4.79 Å². The Morgan fingerprint density at radius 1 is 1.42 bits per heavy atom. The number of carboxylic acids is 1. The molecular formula is C12H9ClN2O3S. The molecule has 0 amide bonds. The van der Waals surface area contributed by atoms with Crippen LogP contribution in [0.1, 0.15) is 10.5 Å². The van der Waals surface area contributed by atoms with E-state index in [2.05, 4.69) is 4.98 Å². The van der Waals surface area contributed by atoms with E-state index in [9.17, 15) is 9.59 Å². The summed E-state index contributed by atoms with van der Waals surface area (Å²) in [6.07, 6.45) is 2.14. The minimum absolute atomic E-state index is 0.140. The van der Waals surface area contributed by atoms with Gasteiger partial charge in [-0.25, -0.2) is 4.98 Å². The van der Waals surface area contributed by atoms with Gasteiger partial charge in [-0.15, -0.1) is 0 Å². The molecule has 1 aromatic carbocycles. The van der Waals surface area contributed by atoms with Gasteiger partial charge in [0, 0.05) is 10.7 Å². The van der Waals surface area contributed by atoms with Crippen LogP contribution in [0.25, 0.3) is 5.69 Å². The SMILES string of the molecule is O=Cc1c(SCC(=O)O)ncn1-c1ccc(Cl)cc1. The van der Waals surface area contributed by atoms with Crippen LogP contribution in [-0.4, -0.2) is 32.7 Å². The second kappa shape index (κ2) is 5.90. The van der Waals surface area contributed by atoms with Crippen molar-refractivity contribution in [2.24, 2.45) is 0 Å². The van der Waals surface area contributed by atoms with Crippen LogP contribution in [0.5, 0.6) is 0 Å². The first kappa shape index (κ1) is 13.6. The van der Waals surface area contributed by atoms with E-state index in [1.54, 1.807) is 28.8 Å². The third kappa shape index (κ3) is 3.15. The Morgan fingerprint density at radius 3 is 2.68 bits per heavy atom. The van der Waals surface area contributed by atoms with Gasteiger partial charge in [-0.05, 0) is 24.3 Å². The van der Waals surface area contributed by atoms with E-state index in [-0.39, 0.29) is 5.75 Å². The molecule has 2 aromatic rings. The van der Waals surface area contributed by atoms with E-state index in [4.69, 9.17) is 16.7 Å². The quantitative estimate of drug-likeness (QED) is 0.678. The molecular weight excluding hydrogens is 288 g/mol. The molecule has 0 fully saturated rings. The third-order valence-electron chi connectivity index (χ3n) is 2.32. The van der Waals surface area contributed by atoms with Gasteiger partial charge in [-0.2, -0.15) is 0 Å². The summed E-state index contributed by atoms with van der Waals surface area (Å²) in [5.74, 6) is -1.10. The molecule has 0 aliphatic rings. The van der Waals surface area contributed by atoms with Gasteiger partial charge < -0.3 is 5.11 Å². The number of aldehydes is 1. The van der Waals surface area contributed by atoms with E-state index in [1.807, 2.05) is 0 Å². The first-order valence-electron chi connectivity index (χ1n) is 5.25. The van der Waals surface area contributed by atoms with Gasteiger partial charge in [0.2, 0.25) is 0 Å². The largest absolute Gasteiger partial charge is 0.481 e. The lowest BCUT2D eigenvalue weighted by Crippen LogP contribution is -2.01. The molecule has 0 spiro atoms. The molecule has 5 nitrogen and oxygen atoms in total. The number of carbonyl (C=O) groups is 2. The second-order valence-corrected chi connectivity index (χ2v) is 4.98. The van der Waals surface area contributed by atoms with Crippen LogP contribution in [0, 0.1) is 0 Å². The second-order valence-electron chi connectivity index (χ2n) is 3.58. The van der Waals surface area contributed by atoms with Gasteiger partial charge in [0.15, 0.2) is 6.29 Å². The Labute approximate surface area is 118 Å². The van der Waals surface area contributed by atoms with Gasteiger partial charge in [0.1, 0.15) is 17.0 Å². The summed E-state index contributed by atoms with van der Waals surface area (Å²) in [4.78, 5) is 25.7. The van der Waals surface area contributed by atoms with E-state index < -0.39 is 5.97 Å². The van der Waals surface area contributed by atoms with E-state index in [1.165, 1.54) is 6.33 Å². The van der Waals surface area contributed by atoms with Crippen molar-refractivity contribution in [1.82, 2.24) is 9.55 Å². The topological polar surface area (TPSA) is 72.2 Å². The predicted molar refractivity (Wildman–Crippen MR) is 72.3 cm³/mol. The molecule has 0 unspecified atom stereocenters. The Hall–Kier alpha value is -1.79. The van der Waals surface area contributed by atoms with Crippen molar-refractivity contribution < 1.29 is 14.7 Å². The number of hydrogen-bond acceptors (Lipinski definition) is 4. The van der Waals surface area contributed by atoms with Gasteiger partial charge in [0.25, 0.3) is 0 Å². The number of hydrogen-bond donors (Lipinski definition) is 1. The van der Waals surface area contributed by atoms with Crippen LogP contribution < -0.4 is 0 Å². The summed E-state index contributed by atoms with van der Waals surface area (Å²) in [6.45, 7) is 0. The van der Waals surface area contributed by atoms with Crippen molar-refractivity contribution in [2.75, 3.05) is 5.75 Å². The number of aromatic nitrogens is 2. The van der Waals surface area contributed by atoms with Crippen molar-refractivity contribution in [3.63, 3.8) is 0 Å². The van der Waals surface area contributed by atoms with Crippen molar-refractivity contribution in [2.45, 2.75) is 5.03 Å². The zero-order valence-corrected chi connectivity index (χ0v) is 11.2. The lowest BCUT2D eigenvalue weighted by Gasteiger charge is -2.04. The van der Waals surface area contributed by atoms with Gasteiger partial charge in [0.05, 0.1) is 5.75 Å². The summed E-state index contributed by atoms with van der Waals surface area (Å²) >= 11 is 6.81. The average Bonchev–Trinajstić information content (AvgIpc) is 2.80. The van der Waals surface area contributed by atoms with Crippen LogP contribution in [0.15, 0.2) is 35.6 Å². The Kier molecular flexibility index (Phi) is 4.24. The predicted octanol–water partition coefficient (Wildman–Crippen LogP) is 2.51. The highest BCUT2D eigenvalue weighted by Gasteiger charge is 2.13. The Balaban J connectivity index is 2.33. The maximum absolute atomic E-state index is 11.1. The number of halogens is 1. The summed E-state index contributed by atoms with van der Waals surface area (Å²) in [5.41, 5.74) is 1.06. The zero-order valence-electron chi connectivity index (χ0n) is 9.62. The summed E-state index contributed by atoms with van der Waals surface area (Å²) in [5, 5.41) is 9.62. The van der Waals surface area contributed by atoms with Crippen LogP contribution in [0.2, 0.25) is 5.02 Å². The molecule has 19 heavy (non-hydrogen) atoms. The summed E-state index contributed by atoms with van der Waals surface area (Å²) in [7, 11) is 0. The maximum Gasteiger partial charge on any atom is 0.313 e. The zero-order chi connectivity index (χ0) is 13.8. The summed E-state index contributed by atoms with van der Waals surface area (Å²) < 4.78 is 1.59. The molecule has 0 aliphatic heterocycles. The van der Waals surface area contributed by atoms with Crippen molar-refractivity contribution in [3.05, 3.63) is 41.3 Å². The number of carbonyl (C=O) groups excluding carboxylic acids is 1. The highest BCUT2D eigenvalue weighted by atomic mass is 35.5. The number of carboxylic acid groups (broad SMARTS) is 1. The summed E-state index contributed by atoms with van der Waals surface area (Å²) in [6, 6.07) is 6.91. The minimum atomic E-state index is -0.956. The average molecular weight is 297 g/mol. The number of thioether (sulfide) groups is 1. The smallest absolute Gasteiger partial charge is 0.313 e. The van der Waals surface area contributed by atoms with E-state index >= 15 is 0 Å². The number of benzene rings is 1. The van der Waals surface area contributed by atoms with Crippen molar-refractivity contribution in [1.29, 1.82) is 0 Å². The first-order chi connectivity index (χ1) is 9.11. The first-order valence-corrected chi connectivity index (χ1v) is 6.61. The molecule has 2 rings (SSSR count). The fourth-order valence-corrected chi connectivity index (χ4v) is 2.30. The number of imidazole rings is 1. The standard InChI is InChI=1S/C12H9ClN2O3S/c13-8-1-3-9(4-2-8)15-7-14-12(10(15)5-16)19-6-11(17)18/h1-5,7H,6H2,(H,17,18). The van der Waals surface area contributed by atoms with Gasteiger partial charge in [-0.1, -0.05) is 23.4 Å². The lowest BCUT2D eigenvalue weighted by atomic mass is 10.3. The third-order valence-corrected chi connectivity index (χ3v) is 3.55. The fraction of sp³-hybridized carbons (Fsp3) is 0.0833. The monoisotopic (exact) mass is 296 g/mol. The molecule has 1 heterocycles. The van der Waals surface area contributed by atoms with Crippen LogP contribution in [0.4, 0.5) is 0 Å². The minimum Gasteiger partial charge on any atom is -0.481 e.